The second-order valence-electron chi connectivity index (χ2n) is 10.2. The number of fused-ring (bicyclic) bond motifs is 1. The Kier molecular flexibility index (Phi) is 7.15. The minimum Gasteiger partial charge on any atom is -0.390 e. The first kappa shape index (κ1) is 25.5. The summed E-state index contributed by atoms with van der Waals surface area (Å²) in [4.78, 5) is 20.0. The molecule has 2 aromatic carbocycles. The predicted octanol–water partition coefficient (Wildman–Crippen LogP) is 5.66. The van der Waals surface area contributed by atoms with Gasteiger partial charge in [-0.2, -0.15) is 5.26 Å². The Morgan fingerprint density at radius 3 is 2.57 bits per heavy atom. The number of aliphatic hydroxyl groups is 1. The standard InChI is InChI=1S/C27H30Cl2N4O2/c1-16-11-18(15-30)12-22-25(16)31-23(32(22)4)13-20-21(28)6-5-19(24(20)29)26(34)33-9-7-17(8-10-33)14-27(2,3)35/h5-6,11-12,17,35H,7-10,13-14H2,1-4H3. The lowest BCUT2D eigenvalue weighted by Gasteiger charge is -2.34. The molecule has 6 nitrogen and oxygen atoms in total. The summed E-state index contributed by atoms with van der Waals surface area (Å²) in [5, 5.41) is 20.3. The van der Waals surface area contributed by atoms with Crippen LogP contribution in [0.5, 0.6) is 0 Å². The maximum Gasteiger partial charge on any atom is 0.255 e. The van der Waals surface area contributed by atoms with Crippen molar-refractivity contribution in [2.75, 3.05) is 13.1 Å². The molecule has 8 heteroatoms. The Hall–Kier alpha value is -2.59. The molecular weight excluding hydrogens is 483 g/mol. The minimum absolute atomic E-state index is 0.103. The molecule has 0 bridgehead atoms. The molecule has 184 valence electrons. The Balaban J connectivity index is 1.59. The maximum atomic E-state index is 13.3. The normalized spacial score (nSPS) is 15.0. The maximum absolute atomic E-state index is 13.3. The highest BCUT2D eigenvalue weighted by Crippen LogP contribution is 2.33. The van der Waals surface area contributed by atoms with E-state index in [0.29, 0.717) is 52.2 Å². The predicted molar refractivity (Wildman–Crippen MR) is 139 cm³/mol. The van der Waals surface area contributed by atoms with Crippen LogP contribution in [0.15, 0.2) is 24.3 Å². The van der Waals surface area contributed by atoms with Crippen molar-refractivity contribution >= 4 is 40.1 Å². The van der Waals surface area contributed by atoms with Gasteiger partial charge in [0.15, 0.2) is 0 Å². The van der Waals surface area contributed by atoms with E-state index in [4.69, 9.17) is 28.2 Å². The van der Waals surface area contributed by atoms with Crippen LogP contribution in [-0.4, -0.2) is 44.2 Å². The van der Waals surface area contributed by atoms with Crippen molar-refractivity contribution in [3.05, 3.63) is 62.4 Å². The van der Waals surface area contributed by atoms with E-state index < -0.39 is 5.60 Å². The van der Waals surface area contributed by atoms with E-state index in [1.165, 1.54) is 0 Å². The fourth-order valence-electron chi connectivity index (χ4n) is 5.03. The van der Waals surface area contributed by atoms with Gasteiger partial charge >= 0.3 is 0 Å². The molecule has 0 radical (unpaired) electrons. The Morgan fingerprint density at radius 2 is 1.94 bits per heavy atom. The Labute approximate surface area is 216 Å². The summed E-state index contributed by atoms with van der Waals surface area (Å²) in [7, 11) is 1.90. The number of amides is 1. The number of carbonyl (C=O) groups excluding carboxylic acids is 1. The number of benzene rings is 2. The number of rotatable bonds is 5. The molecule has 0 saturated carbocycles. The fraction of sp³-hybridized carbons (Fsp3) is 0.444. The summed E-state index contributed by atoms with van der Waals surface area (Å²) in [6.45, 7) is 6.86. The van der Waals surface area contributed by atoms with Crippen LogP contribution in [0, 0.1) is 24.2 Å². The van der Waals surface area contributed by atoms with Gasteiger partial charge in [0.1, 0.15) is 5.82 Å². The molecule has 4 rings (SSSR count). The van der Waals surface area contributed by atoms with E-state index in [9.17, 15) is 15.2 Å². The van der Waals surface area contributed by atoms with Gasteiger partial charge in [-0.05, 0) is 81.3 Å². The molecule has 1 amide bonds. The van der Waals surface area contributed by atoms with E-state index in [1.54, 1.807) is 12.1 Å². The highest BCUT2D eigenvalue weighted by molar-refractivity contribution is 6.38. The van der Waals surface area contributed by atoms with Gasteiger partial charge in [-0.1, -0.05) is 23.2 Å². The lowest BCUT2D eigenvalue weighted by atomic mass is 9.86. The molecule has 3 aromatic rings. The molecule has 1 N–H and O–H groups in total. The summed E-state index contributed by atoms with van der Waals surface area (Å²) < 4.78 is 1.94. The van der Waals surface area contributed by atoms with Crippen molar-refractivity contribution in [1.82, 2.24) is 14.5 Å². The zero-order valence-electron chi connectivity index (χ0n) is 20.5. The zero-order valence-corrected chi connectivity index (χ0v) is 22.0. The number of aromatic nitrogens is 2. The van der Waals surface area contributed by atoms with Crippen molar-refractivity contribution < 1.29 is 9.90 Å². The number of hydrogen-bond acceptors (Lipinski definition) is 4. The van der Waals surface area contributed by atoms with Gasteiger partial charge in [0, 0.05) is 31.6 Å². The average Bonchev–Trinajstić information content (AvgIpc) is 3.11. The number of piperidine rings is 1. The summed E-state index contributed by atoms with van der Waals surface area (Å²) in [5.41, 5.74) is 3.60. The summed E-state index contributed by atoms with van der Waals surface area (Å²) in [6, 6.07) is 9.25. The molecule has 0 spiro atoms. The van der Waals surface area contributed by atoms with Gasteiger partial charge in [0.05, 0.1) is 38.9 Å². The van der Waals surface area contributed by atoms with E-state index >= 15 is 0 Å². The number of nitriles is 1. The number of nitrogens with zero attached hydrogens (tertiary/aromatic N) is 4. The fourth-order valence-corrected chi connectivity index (χ4v) is 5.61. The highest BCUT2D eigenvalue weighted by Gasteiger charge is 2.29. The van der Waals surface area contributed by atoms with Crippen molar-refractivity contribution in [1.29, 1.82) is 5.26 Å². The molecule has 2 heterocycles. The molecule has 1 aliphatic rings. The van der Waals surface area contributed by atoms with Crippen LogP contribution in [-0.2, 0) is 13.5 Å². The largest absolute Gasteiger partial charge is 0.390 e. The molecule has 1 aliphatic heterocycles. The molecule has 0 atom stereocenters. The molecule has 1 fully saturated rings. The first-order valence-corrected chi connectivity index (χ1v) is 12.6. The highest BCUT2D eigenvalue weighted by atomic mass is 35.5. The molecule has 0 unspecified atom stereocenters. The van der Waals surface area contributed by atoms with Gasteiger partial charge < -0.3 is 14.6 Å². The van der Waals surface area contributed by atoms with E-state index in [2.05, 4.69) is 6.07 Å². The number of imidazole rings is 1. The second-order valence-corrected chi connectivity index (χ2v) is 11.0. The Bertz CT molecular complexity index is 1330. The first-order valence-electron chi connectivity index (χ1n) is 11.8. The topological polar surface area (TPSA) is 82.2 Å². The molecular formula is C27H30Cl2N4O2. The van der Waals surface area contributed by atoms with Crippen LogP contribution >= 0.6 is 23.2 Å². The van der Waals surface area contributed by atoms with Crippen molar-refractivity contribution in [3.8, 4) is 6.07 Å². The number of halogens is 2. The first-order chi connectivity index (χ1) is 16.5. The van der Waals surface area contributed by atoms with Gasteiger partial charge in [0.2, 0.25) is 0 Å². The van der Waals surface area contributed by atoms with Crippen LogP contribution in [0.25, 0.3) is 11.0 Å². The van der Waals surface area contributed by atoms with Crippen LogP contribution in [0.2, 0.25) is 10.0 Å². The lowest BCUT2D eigenvalue weighted by Crippen LogP contribution is -2.40. The van der Waals surface area contributed by atoms with Crippen molar-refractivity contribution in [3.63, 3.8) is 0 Å². The third-order valence-corrected chi connectivity index (χ3v) is 7.63. The third kappa shape index (κ3) is 5.33. The number of aryl methyl sites for hydroxylation is 2. The quantitative estimate of drug-likeness (QED) is 0.477. The van der Waals surface area contributed by atoms with Crippen molar-refractivity contribution in [2.45, 2.75) is 52.1 Å². The van der Waals surface area contributed by atoms with Gasteiger partial charge in [-0.3, -0.25) is 4.79 Å². The number of hydrogen-bond donors (Lipinski definition) is 1. The summed E-state index contributed by atoms with van der Waals surface area (Å²) in [5.74, 6) is 1.05. The SMILES string of the molecule is Cc1cc(C#N)cc2c1nc(Cc1c(Cl)ccc(C(=O)N3CCC(CC(C)(C)O)CC3)c1Cl)n2C. The van der Waals surface area contributed by atoms with Crippen molar-refractivity contribution in [2.24, 2.45) is 13.0 Å². The van der Waals surface area contributed by atoms with Crippen LogP contribution in [0.3, 0.4) is 0 Å². The van der Waals surface area contributed by atoms with E-state index in [0.717, 1.165) is 41.7 Å². The smallest absolute Gasteiger partial charge is 0.255 e. The van der Waals surface area contributed by atoms with E-state index in [-0.39, 0.29) is 5.91 Å². The molecule has 1 aromatic heterocycles. The average molecular weight is 513 g/mol. The molecule has 1 saturated heterocycles. The monoisotopic (exact) mass is 512 g/mol. The molecule has 0 aliphatic carbocycles. The summed E-state index contributed by atoms with van der Waals surface area (Å²) >= 11 is 13.3. The summed E-state index contributed by atoms with van der Waals surface area (Å²) in [6.07, 6.45) is 2.81. The van der Waals surface area contributed by atoms with Crippen LogP contribution in [0.4, 0.5) is 0 Å². The van der Waals surface area contributed by atoms with Gasteiger partial charge in [0.25, 0.3) is 5.91 Å². The zero-order chi connectivity index (χ0) is 25.5. The number of carbonyl (C=O) groups is 1. The van der Waals surface area contributed by atoms with Crippen LogP contribution < -0.4 is 0 Å². The second kappa shape index (κ2) is 9.81. The minimum atomic E-state index is -0.699. The lowest BCUT2D eigenvalue weighted by molar-refractivity contribution is 0.0358. The van der Waals surface area contributed by atoms with E-state index in [1.807, 2.05) is 49.4 Å². The number of likely N-dealkylation sites (tertiary alicyclic amines) is 1. The van der Waals surface area contributed by atoms with Gasteiger partial charge in [-0.25, -0.2) is 4.98 Å². The Morgan fingerprint density at radius 1 is 1.26 bits per heavy atom. The third-order valence-electron chi connectivity index (χ3n) is 6.84. The molecule has 35 heavy (non-hydrogen) atoms. The van der Waals surface area contributed by atoms with Gasteiger partial charge in [-0.15, -0.1) is 0 Å². The van der Waals surface area contributed by atoms with Crippen LogP contribution in [0.1, 0.15) is 66.0 Å².